The predicted octanol–water partition coefficient (Wildman–Crippen LogP) is 2.34. The van der Waals surface area contributed by atoms with E-state index in [2.05, 4.69) is 0 Å². The Balaban J connectivity index is 2.24. The number of carbonyl (C=O) groups excluding carboxylic acids is 1. The number of hydrogen-bond donors (Lipinski definition) is 1. The van der Waals surface area contributed by atoms with Gasteiger partial charge in [0.2, 0.25) is 0 Å². The van der Waals surface area contributed by atoms with Crippen molar-refractivity contribution < 1.29 is 24.1 Å². The molecule has 5 nitrogen and oxygen atoms in total. The molecule has 1 aliphatic rings. The summed E-state index contributed by atoms with van der Waals surface area (Å²) in [6, 6.07) is 3.50. The SMILES string of the molecule is CCCC(O)CC1Cc2cc(OC)cc(OC)c2C(=O)O1. The second-order valence-corrected chi connectivity index (χ2v) is 5.27. The van der Waals surface area contributed by atoms with E-state index in [-0.39, 0.29) is 6.10 Å². The molecule has 0 aromatic heterocycles. The summed E-state index contributed by atoms with van der Waals surface area (Å²) in [6.07, 6.45) is 1.89. The van der Waals surface area contributed by atoms with Crippen LogP contribution in [-0.4, -0.2) is 37.5 Å². The molecule has 0 fully saturated rings. The van der Waals surface area contributed by atoms with Crippen LogP contribution in [-0.2, 0) is 11.2 Å². The van der Waals surface area contributed by atoms with Crippen LogP contribution in [0.4, 0.5) is 0 Å². The van der Waals surface area contributed by atoms with E-state index >= 15 is 0 Å². The molecule has 116 valence electrons. The fourth-order valence-electron chi connectivity index (χ4n) is 2.70. The van der Waals surface area contributed by atoms with Crippen LogP contribution in [0, 0.1) is 0 Å². The van der Waals surface area contributed by atoms with Gasteiger partial charge in [-0.25, -0.2) is 4.79 Å². The first-order chi connectivity index (χ1) is 10.1. The fourth-order valence-corrected chi connectivity index (χ4v) is 2.70. The number of fused-ring (bicyclic) bond motifs is 1. The maximum absolute atomic E-state index is 12.2. The van der Waals surface area contributed by atoms with Crippen LogP contribution in [0.15, 0.2) is 12.1 Å². The van der Waals surface area contributed by atoms with E-state index < -0.39 is 12.1 Å². The summed E-state index contributed by atoms with van der Waals surface area (Å²) in [7, 11) is 3.09. The van der Waals surface area contributed by atoms with E-state index in [9.17, 15) is 9.90 Å². The molecule has 1 aliphatic heterocycles. The minimum Gasteiger partial charge on any atom is -0.497 e. The lowest BCUT2D eigenvalue weighted by Crippen LogP contribution is -2.31. The third-order valence-electron chi connectivity index (χ3n) is 3.70. The summed E-state index contributed by atoms with van der Waals surface area (Å²) in [5.74, 6) is 0.708. The predicted molar refractivity (Wildman–Crippen MR) is 78.0 cm³/mol. The second-order valence-electron chi connectivity index (χ2n) is 5.27. The standard InChI is InChI=1S/C16H22O5/c1-4-5-11(17)8-13-7-10-6-12(19-2)9-14(20-3)15(10)16(18)21-13/h6,9,11,13,17H,4-5,7-8H2,1-3H3. The highest BCUT2D eigenvalue weighted by molar-refractivity contribution is 5.95. The Kier molecular flexibility index (Phi) is 5.07. The van der Waals surface area contributed by atoms with Crippen LogP contribution < -0.4 is 9.47 Å². The molecule has 0 saturated carbocycles. The lowest BCUT2D eigenvalue weighted by molar-refractivity contribution is 0.00877. The van der Waals surface area contributed by atoms with Gasteiger partial charge in [-0.1, -0.05) is 13.3 Å². The van der Waals surface area contributed by atoms with Gasteiger partial charge in [-0.2, -0.15) is 0 Å². The minimum absolute atomic E-state index is 0.302. The van der Waals surface area contributed by atoms with E-state index in [0.29, 0.717) is 36.3 Å². The van der Waals surface area contributed by atoms with Gasteiger partial charge in [0, 0.05) is 18.9 Å². The van der Waals surface area contributed by atoms with Gasteiger partial charge >= 0.3 is 5.97 Å². The van der Waals surface area contributed by atoms with Crippen molar-refractivity contribution in [2.24, 2.45) is 0 Å². The van der Waals surface area contributed by atoms with Gasteiger partial charge in [-0.05, 0) is 18.1 Å². The number of methoxy groups -OCH3 is 2. The van der Waals surface area contributed by atoms with Crippen molar-refractivity contribution in [3.8, 4) is 11.5 Å². The summed E-state index contributed by atoms with van der Waals surface area (Å²) in [6.45, 7) is 2.02. The number of rotatable bonds is 6. The van der Waals surface area contributed by atoms with Crippen molar-refractivity contribution in [3.63, 3.8) is 0 Å². The van der Waals surface area contributed by atoms with Crippen molar-refractivity contribution in [1.29, 1.82) is 0 Å². The number of hydrogen-bond acceptors (Lipinski definition) is 5. The van der Waals surface area contributed by atoms with Crippen LogP contribution in [0.5, 0.6) is 11.5 Å². The molecule has 0 aliphatic carbocycles. The number of cyclic esters (lactones) is 1. The molecule has 0 amide bonds. The average Bonchev–Trinajstić information content (AvgIpc) is 2.45. The molecule has 21 heavy (non-hydrogen) atoms. The van der Waals surface area contributed by atoms with Crippen LogP contribution in [0.1, 0.15) is 42.1 Å². The highest BCUT2D eigenvalue weighted by Crippen LogP contribution is 2.34. The van der Waals surface area contributed by atoms with Gasteiger partial charge in [0.1, 0.15) is 23.2 Å². The first-order valence-corrected chi connectivity index (χ1v) is 7.23. The zero-order valence-corrected chi connectivity index (χ0v) is 12.7. The van der Waals surface area contributed by atoms with E-state index in [1.807, 2.05) is 13.0 Å². The number of carbonyl (C=O) groups is 1. The number of benzene rings is 1. The molecular formula is C16H22O5. The number of esters is 1. The minimum atomic E-state index is -0.443. The molecule has 1 N–H and O–H groups in total. The molecule has 0 bridgehead atoms. The Bertz CT molecular complexity index is 512. The lowest BCUT2D eigenvalue weighted by atomic mass is 9.94. The first-order valence-electron chi connectivity index (χ1n) is 7.23. The number of aliphatic hydroxyl groups is 1. The largest absolute Gasteiger partial charge is 0.497 e. The molecule has 0 radical (unpaired) electrons. The Morgan fingerprint density at radius 2 is 2.14 bits per heavy atom. The summed E-state index contributed by atoms with van der Waals surface area (Å²) < 4.78 is 15.9. The maximum atomic E-state index is 12.2. The van der Waals surface area contributed by atoms with Gasteiger partial charge in [0.15, 0.2) is 0 Å². The summed E-state index contributed by atoms with van der Waals surface area (Å²) in [5, 5.41) is 9.90. The van der Waals surface area contributed by atoms with Gasteiger partial charge < -0.3 is 19.3 Å². The average molecular weight is 294 g/mol. The topological polar surface area (TPSA) is 65.0 Å². The molecule has 0 spiro atoms. The molecule has 1 aromatic rings. The lowest BCUT2D eigenvalue weighted by Gasteiger charge is -2.27. The van der Waals surface area contributed by atoms with Crippen LogP contribution >= 0.6 is 0 Å². The zero-order chi connectivity index (χ0) is 15.4. The fraction of sp³-hybridized carbons (Fsp3) is 0.562. The summed E-state index contributed by atoms with van der Waals surface area (Å²) >= 11 is 0. The number of ether oxygens (including phenoxy) is 3. The van der Waals surface area contributed by atoms with Crippen molar-refractivity contribution >= 4 is 5.97 Å². The third-order valence-corrected chi connectivity index (χ3v) is 3.70. The van der Waals surface area contributed by atoms with Crippen LogP contribution in [0.3, 0.4) is 0 Å². The van der Waals surface area contributed by atoms with Gasteiger partial charge in [0.05, 0.1) is 20.3 Å². The van der Waals surface area contributed by atoms with Crippen molar-refractivity contribution in [3.05, 3.63) is 23.3 Å². The van der Waals surface area contributed by atoms with Crippen molar-refractivity contribution in [2.45, 2.75) is 44.8 Å². The van der Waals surface area contributed by atoms with Gasteiger partial charge in [-0.15, -0.1) is 0 Å². The molecule has 1 aromatic carbocycles. The first kappa shape index (κ1) is 15.6. The highest BCUT2D eigenvalue weighted by atomic mass is 16.5. The van der Waals surface area contributed by atoms with Crippen LogP contribution in [0.2, 0.25) is 0 Å². The van der Waals surface area contributed by atoms with E-state index in [1.54, 1.807) is 13.2 Å². The summed E-state index contributed by atoms with van der Waals surface area (Å²) in [5.41, 5.74) is 1.30. The van der Waals surface area contributed by atoms with Gasteiger partial charge in [-0.3, -0.25) is 0 Å². The molecule has 0 saturated heterocycles. The highest BCUT2D eigenvalue weighted by Gasteiger charge is 2.31. The Morgan fingerprint density at radius 1 is 1.38 bits per heavy atom. The molecule has 2 rings (SSSR count). The summed E-state index contributed by atoms with van der Waals surface area (Å²) in [4.78, 5) is 12.2. The van der Waals surface area contributed by atoms with Gasteiger partial charge in [0.25, 0.3) is 0 Å². The molecule has 5 heteroatoms. The maximum Gasteiger partial charge on any atom is 0.342 e. The van der Waals surface area contributed by atoms with Crippen molar-refractivity contribution in [1.82, 2.24) is 0 Å². The Hall–Kier alpha value is -1.75. The Morgan fingerprint density at radius 3 is 2.76 bits per heavy atom. The van der Waals surface area contributed by atoms with E-state index in [1.165, 1.54) is 7.11 Å². The second kappa shape index (κ2) is 6.80. The molecular weight excluding hydrogens is 272 g/mol. The molecule has 1 heterocycles. The van der Waals surface area contributed by atoms with Crippen LogP contribution in [0.25, 0.3) is 0 Å². The Labute approximate surface area is 124 Å². The monoisotopic (exact) mass is 294 g/mol. The normalized spacial score (nSPS) is 18.7. The smallest absolute Gasteiger partial charge is 0.342 e. The quantitative estimate of drug-likeness (QED) is 0.816. The van der Waals surface area contributed by atoms with Crippen molar-refractivity contribution in [2.75, 3.05) is 14.2 Å². The van der Waals surface area contributed by atoms with E-state index in [0.717, 1.165) is 12.0 Å². The molecule has 2 unspecified atom stereocenters. The molecule has 2 atom stereocenters. The number of aliphatic hydroxyl groups excluding tert-OH is 1. The van der Waals surface area contributed by atoms with E-state index in [4.69, 9.17) is 14.2 Å². The third kappa shape index (κ3) is 3.47. The zero-order valence-electron chi connectivity index (χ0n) is 12.7.